The summed E-state index contributed by atoms with van der Waals surface area (Å²) in [5.74, 6) is -0.161. The number of hydrogen-bond donors (Lipinski definition) is 0. The van der Waals surface area contributed by atoms with Crippen molar-refractivity contribution in [1.29, 1.82) is 0 Å². The van der Waals surface area contributed by atoms with Gasteiger partial charge in [0.2, 0.25) is 0 Å². The van der Waals surface area contributed by atoms with Crippen LogP contribution < -0.4 is 4.90 Å². The summed E-state index contributed by atoms with van der Waals surface area (Å²) in [5.41, 5.74) is 4.59. The Morgan fingerprint density at radius 1 is 1.09 bits per heavy atom. The molecule has 1 fully saturated rings. The van der Waals surface area contributed by atoms with Crippen LogP contribution in [0.4, 0.5) is 15.8 Å². The number of benzene rings is 2. The van der Waals surface area contributed by atoms with Gasteiger partial charge in [-0.15, -0.1) is 0 Å². The van der Waals surface area contributed by atoms with E-state index in [1.165, 1.54) is 0 Å². The van der Waals surface area contributed by atoms with Crippen molar-refractivity contribution in [3.05, 3.63) is 57.3 Å². The van der Waals surface area contributed by atoms with E-state index >= 15 is 0 Å². The van der Waals surface area contributed by atoms with Crippen molar-refractivity contribution in [1.82, 2.24) is 0 Å². The first-order chi connectivity index (χ1) is 11.0. The van der Waals surface area contributed by atoms with E-state index in [1.807, 2.05) is 38.1 Å². The van der Waals surface area contributed by atoms with Crippen LogP contribution in [0.15, 0.2) is 39.8 Å². The Kier molecular flexibility index (Phi) is 4.81. The summed E-state index contributed by atoms with van der Waals surface area (Å²) in [5, 5.41) is 0. The maximum absolute atomic E-state index is 14.4. The average molecular weight is 375 g/mol. The Labute approximate surface area is 145 Å². The second kappa shape index (κ2) is 6.83. The lowest BCUT2D eigenvalue weighted by Crippen LogP contribution is -2.19. The molecule has 23 heavy (non-hydrogen) atoms. The molecule has 2 aromatic rings. The molecule has 0 amide bonds. The quantitative estimate of drug-likeness (QED) is 0.642. The molecular formula is C19H20BrFN2. The number of nitrogens with zero attached hydrogens (tertiary/aromatic N) is 2. The number of aliphatic imine (C=N–C) groups is 1. The molecule has 0 saturated carbocycles. The highest BCUT2D eigenvalue weighted by atomic mass is 79.9. The van der Waals surface area contributed by atoms with Crippen molar-refractivity contribution >= 4 is 33.5 Å². The van der Waals surface area contributed by atoms with Gasteiger partial charge < -0.3 is 4.90 Å². The minimum atomic E-state index is -0.161. The first-order valence-electron chi connectivity index (χ1n) is 7.90. The Morgan fingerprint density at radius 3 is 2.52 bits per heavy atom. The summed E-state index contributed by atoms with van der Waals surface area (Å²) in [4.78, 5) is 6.61. The summed E-state index contributed by atoms with van der Waals surface area (Å²) in [6.07, 6.45) is 4.03. The van der Waals surface area contributed by atoms with Crippen molar-refractivity contribution in [2.75, 3.05) is 18.0 Å². The van der Waals surface area contributed by atoms with Crippen LogP contribution in [0.3, 0.4) is 0 Å². The average Bonchev–Trinajstić information content (AvgIpc) is 3.05. The van der Waals surface area contributed by atoms with Crippen LogP contribution in [0.1, 0.15) is 29.5 Å². The Bertz CT molecular complexity index is 749. The molecule has 1 aliphatic heterocycles. The molecule has 2 aromatic carbocycles. The summed E-state index contributed by atoms with van der Waals surface area (Å²) in [6.45, 7) is 5.93. The largest absolute Gasteiger partial charge is 0.369 e. The van der Waals surface area contributed by atoms with Gasteiger partial charge >= 0.3 is 0 Å². The molecule has 0 N–H and O–H groups in total. The van der Waals surface area contributed by atoms with E-state index in [2.05, 4.69) is 25.8 Å². The van der Waals surface area contributed by atoms with E-state index in [0.29, 0.717) is 0 Å². The standard InChI is InChI=1S/C19H20BrFN2/c1-13-10-19(23-7-3-4-8-23)18(21)11-15(13)12-22-16-5-6-17(20)14(2)9-16/h5-6,9-12H,3-4,7-8H2,1-2H3. The van der Waals surface area contributed by atoms with Crippen molar-refractivity contribution in [3.8, 4) is 0 Å². The highest BCUT2D eigenvalue weighted by Gasteiger charge is 2.17. The van der Waals surface area contributed by atoms with Gasteiger partial charge in [0, 0.05) is 23.8 Å². The molecule has 0 aliphatic carbocycles. The minimum absolute atomic E-state index is 0.161. The van der Waals surface area contributed by atoms with Crippen LogP contribution >= 0.6 is 15.9 Å². The van der Waals surface area contributed by atoms with E-state index in [1.54, 1.807) is 12.3 Å². The predicted molar refractivity (Wildman–Crippen MR) is 98.7 cm³/mol. The third-order valence-electron chi connectivity index (χ3n) is 4.28. The SMILES string of the molecule is Cc1cc(N=Cc2cc(F)c(N3CCCC3)cc2C)ccc1Br. The van der Waals surface area contributed by atoms with Crippen LogP contribution in [-0.2, 0) is 0 Å². The van der Waals surface area contributed by atoms with Gasteiger partial charge in [0.25, 0.3) is 0 Å². The summed E-state index contributed by atoms with van der Waals surface area (Å²) >= 11 is 3.48. The lowest BCUT2D eigenvalue weighted by atomic mass is 10.1. The van der Waals surface area contributed by atoms with Gasteiger partial charge in [-0.25, -0.2) is 4.39 Å². The maximum Gasteiger partial charge on any atom is 0.147 e. The zero-order valence-electron chi connectivity index (χ0n) is 13.4. The van der Waals surface area contributed by atoms with Crippen molar-refractivity contribution < 1.29 is 4.39 Å². The number of halogens is 2. The van der Waals surface area contributed by atoms with E-state index < -0.39 is 0 Å². The molecule has 4 heteroatoms. The van der Waals surface area contributed by atoms with Gasteiger partial charge in [0.15, 0.2) is 0 Å². The van der Waals surface area contributed by atoms with Gasteiger partial charge in [0.1, 0.15) is 5.82 Å². The van der Waals surface area contributed by atoms with E-state index in [4.69, 9.17) is 0 Å². The molecule has 0 atom stereocenters. The lowest BCUT2D eigenvalue weighted by Gasteiger charge is -2.19. The first-order valence-corrected chi connectivity index (χ1v) is 8.69. The second-order valence-corrected chi connectivity index (χ2v) is 6.90. The van der Waals surface area contributed by atoms with Gasteiger partial charge in [-0.05, 0) is 73.7 Å². The highest BCUT2D eigenvalue weighted by Crippen LogP contribution is 2.27. The Hall–Kier alpha value is -1.68. The summed E-state index contributed by atoms with van der Waals surface area (Å²) in [7, 11) is 0. The lowest BCUT2D eigenvalue weighted by molar-refractivity contribution is 0.622. The fourth-order valence-corrected chi connectivity index (χ4v) is 3.12. The van der Waals surface area contributed by atoms with Gasteiger partial charge in [-0.1, -0.05) is 15.9 Å². The maximum atomic E-state index is 14.4. The van der Waals surface area contributed by atoms with Crippen LogP contribution in [-0.4, -0.2) is 19.3 Å². The van der Waals surface area contributed by atoms with E-state index in [-0.39, 0.29) is 5.82 Å². The zero-order valence-corrected chi connectivity index (χ0v) is 15.0. The number of rotatable bonds is 3. The molecule has 1 aliphatic rings. The predicted octanol–water partition coefficient (Wildman–Crippen LogP) is 5.56. The fraction of sp³-hybridized carbons (Fsp3) is 0.316. The molecule has 1 heterocycles. The van der Waals surface area contributed by atoms with E-state index in [9.17, 15) is 4.39 Å². The summed E-state index contributed by atoms with van der Waals surface area (Å²) < 4.78 is 15.5. The van der Waals surface area contributed by atoms with Crippen molar-refractivity contribution in [2.45, 2.75) is 26.7 Å². The zero-order chi connectivity index (χ0) is 16.4. The van der Waals surface area contributed by atoms with Gasteiger partial charge in [-0.3, -0.25) is 4.99 Å². The number of anilines is 1. The third kappa shape index (κ3) is 3.63. The Balaban J connectivity index is 1.86. The van der Waals surface area contributed by atoms with Crippen LogP contribution in [0.5, 0.6) is 0 Å². The second-order valence-electron chi connectivity index (χ2n) is 6.05. The first kappa shape index (κ1) is 16.2. The molecule has 2 nitrogen and oxygen atoms in total. The monoisotopic (exact) mass is 374 g/mol. The van der Waals surface area contributed by atoms with Crippen molar-refractivity contribution in [2.24, 2.45) is 4.99 Å². The van der Waals surface area contributed by atoms with Crippen LogP contribution in [0, 0.1) is 19.7 Å². The molecule has 120 valence electrons. The number of hydrogen-bond acceptors (Lipinski definition) is 2. The fourth-order valence-electron chi connectivity index (χ4n) is 2.87. The molecule has 0 aromatic heterocycles. The molecule has 0 unspecified atom stereocenters. The molecule has 0 spiro atoms. The van der Waals surface area contributed by atoms with Crippen molar-refractivity contribution in [3.63, 3.8) is 0 Å². The smallest absolute Gasteiger partial charge is 0.147 e. The molecule has 1 saturated heterocycles. The molecule has 0 bridgehead atoms. The molecule has 3 rings (SSSR count). The topological polar surface area (TPSA) is 15.6 Å². The van der Waals surface area contributed by atoms with Crippen LogP contribution in [0.2, 0.25) is 0 Å². The Morgan fingerprint density at radius 2 is 1.83 bits per heavy atom. The van der Waals surface area contributed by atoms with Gasteiger partial charge in [-0.2, -0.15) is 0 Å². The molecule has 0 radical (unpaired) electrons. The van der Waals surface area contributed by atoms with E-state index in [0.717, 1.165) is 58.5 Å². The normalized spacial score (nSPS) is 14.9. The number of aryl methyl sites for hydroxylation is 2. The highest BCUT2D eigenvalue weighted by molar-refractivity contribution is 9.10. The summed E-state index contributed by atoms with van der Waals surface area (Å²) in [6, 6.07) is 9.46. The third-order valence-corrected chi connectivity index (χ3v) is 5.17. The van der Waals surface area contributed by atoms with Crippen LogP contribution in [0.25, 0.3) is 0 Å². The minimum Gasteiger partial charge on any atom is -0.369 e. The molecular weight excluding hydrogens is 355 g/mol. The van der Waals surface area contributed by atoms with Gasteiger partial charge in [0.05, 0.1) is 11.4 Å².